The van der Waals surface area contributed by atoms with Crippen molar-refractivity contribution in [3.05, 3.63) is 65.2 Å². The highest BCUT2D eigenvalue weighted by atomic mass is 19.4. The number of fused-ring (bicyclic) bond motifs is 1. The summed E-state index contributed by atoms with van der Waals surface area (Å²) in [7, 11) is 0. The number of rotatable bonds is 3. The lowest BCUT2D eigenvalue weighted by molar-refractivity contribution is -0.174. The fourth-order valence-corrected chi connectivity index (χ4v) is 3.55. The van der Waals surface area contributed by atoms with Crippen molar-refractivity contribution in [2.75, 3.05) is 10.6 Å². The Morgan fingerprint density at radius 1 is 1.31 bits per heavy atom. The molecule has 29 heavy (non-hydrogen) atoms. The van der Waals surface area contributed by atoms with Crippen LogP contribution in [0.3, 0.4) is 0 Å². The summed E-state index contributed by atoms with van der Waals surface area (Å²) >= 11 is 0. The predicted octanol–water partition coefficient (Wildman–Crippen LogP) is 5.01. The predicted molar refractivity (Wildman–Crippen MR) is 101 cm³/mol. The minimum atomic E-state index is -4.52. The zero-order chi connectivity index (χ0) is 20.8. The highest BCUT2D eigenvalue weighted by molar-refractivity contribution is 6.07. The van der Waals surface area contributed by atoms with E-state index < -0.39 is 24.2 Å². The smallest absolute Gasteiger partial charge is 0.410 e. The van der Waals surface area contributed by atoms with Gasteiger partial charge in [0.15, 0.2) is 6.04 Å². The fraction of sp³-hybridized carbons (Fsp3) is 0.300. The SMILES string of the molecule is Cc1ccc(NC(=O)c2cnn3c2N[C@H](c2ccco2)C[C@@H]3C(F)(F)F)c(C)c1. The Labute approximate surface area is 164 Å². The van der Waals surface area contributed by atoms with E-state index in [0.29, 0.717) is 11.4 Å². The van der Waals surface area contributed by atoms with E-state index >= 15 is 0 Å². The number of benzene rings is 1. The van der Waals surface area contributed by atoms with E-state index in [0.717, 1.165) is 22.0 Å². The maximum atomic E-state index is 13.7. The molecule has 0 fully saturated rings. The number of halogens is 3. The number of nitrogens with one attached hydrogen (secondary N) is 2. The van der Waals surface area contributed by atoms with Crippen molar-refractivity contribution in [3.8, 4) is 0 Å². The summed E-state index contributed by atoms with van der Waals surface area (Å²) in [5, 5.41) is 9.60. The monoisotopic (exact) mass is 404 g/mol. The summed E-state index contributed by atoms with van der Waals surface area (Å²) in [5.74, 6) is -0.151. The Kier molecular flexibility index (Phi) is 4.60. The van der Waals surface area contributed by atoms with Crippen LogP contribution >= 0.6 is 0 Å². The lowest BCUT2D eigenvalue weighted by Crippen LogP contribution is -2.36. The summed E-state index contributed by atoms with van der Waals surface area (Å²) in [4.78, 5) is 12.8. The van der Waals surface area contributed by atoms with E-state index in [9.17, 15) is 18.0 Å². The second kappa shape index (κ2) is 6.98. The van der Waals surface area contributed by atoms with Gasteiger partial charge in [0.1, 0.15) is 17.1 Å². The normalized spacial score (nSPS) is 18.8. The van der Waals surface area contributed by atoms with Crippen LogP contribution in [0.1, 0.15) is 45.7 Å². The molecule has 2 aromatic heterocycles. The fourth-order valence-electron chi connectivity index (χ4n) is 3.55. The van der Waals surface area contributed by atoms with Gasteiger partial charge in [0.05, 0.1) is 18.5 Å². The lowest BCUT2D eigenvalue weighted by Gasteiger charge is -2.32. The molecule has 6 nitrogen and oxygen atoms in total. The molecule has 0 saturated heterocycles. The topological polar surface area (TPSA) is 72.1 Å². The maximum absolute atomic E-state index is 13.7. The molecule has 0 radical (unpaired) electrons. The molecule has 0 unspecified atom stereocenters. The second-order valence-electron chi connectivity index (χ2n) is 7.13. The molecule has 1 aliphatic rings. The number of carbonyl (C=O) groups excluding carboxylic acids is 1. The minimum absolute atomic E-state index is 0.0160. The molecule has 3 aromatic rings. The van der Waals surface area contributed by atoms with Crippen molar-refractivity contribution >= 4 is 17.4 Å². The lowest BCUT2D eigenvalue weighted by atomic mass is 10.0. The Bertz CT molecular complexity index is 1040. The Balaban J connectivity index is 1.69. The minimum Gasteiger partial charge on any atom is -0.467 e. The van der Waals surface area contributed by atoms with Crippen LogP contribution in [0.2, 0.25) is 0 Å². The molecule has 4 rings (SSSR count). The summed E-state index contributed by atoms with van der Waals surface area (Å²) < 4.78 is 47.1. The third-order valence-electron chi connectivity index (χ3n) is 5.00. The summed E-state index contributed by atoms with van der Waals surface area (Å²) in [6.45, 7) is 3.78. The van der Waals surface area contributed by atoms with E-state index in [1.54, 1.807) is 18.2 Å². The number of anilines is 2. The number of nitrogens with zero attached hydrogens (tertiary/aromatic N) is 2. The quantitative estimate of drug-likeness (QED) is 0.644. The van der Waals surface area contributed by atoms with Gasteiger partial charge >= 0.3 is 6.18 Å². The van der Waals surface area contributed by atoms with Gasteiger partial charge in [-0.15, -0.1) is 0 Å². The number of aromatic nitrogens is 2. The standard InChI is InChI=1S/C20H19F3N4O2/c1-11-5-6-14(12(2)8-11)26-19(28)13-10-24-27-17(20(21,22)23)9-15(25-18(13)27)16-4-3-7-29-16/h3-8,10,15,17,25H,9H2,1-2H3,(H,26,28)/t15-,17+/m0/s1. The first-order chi connectivity index (χ1) is 13.7. The molecule has 0 saturated carbocycles. The van der Waals surface area contributed by atoms with Gasteiger partial charge in [0, 0.05) is 12.1 Å². The highest BCUT2D eigenvalue weighted by Gasteiger charge is 2.47. The number of amides is 1. The van der Waals surface area contributed by atoms with Crippen LogP contribution < -0.4 is 10.6 Å². The first-order valence-corrected chi connectivity index (χ1v) is 9.07. The Morgan fingerprint density at radius 3 is 2.76 bits per heavy atom. The first-order valence-electron chi connectivity index (χ1n) is 9.07. The Hall–Kier alpha value is -3.23. The molecule has 2 N–H and O–H groups in total. The molecule has 1 aromatic carbocycles. The van der Waals surface area contributed by atoms with Gasteiger partial charge in [-0.1, -0.05) is 17.7 Å². The third kappa shape index (κ3) is 3.59. The first kappa shape index (κ1) is 19.1. The van der Waals surface area contributed by atoms with Crippen LogP contribution in [0.4, 0.5) is 24.7 Å². The maximum Gasteiger partial charge on any atom is 0.410 e. The van der Waals surface area contributed by atoms with E-state index in [4.69, 9.17) is 4.42 Å². The van der Waals surface area contributed by atoms with Crippen molar-refractivity contribution in [2.45, 2.75) is 38.5 Å². The molecule has 1 aliphatic heterocycles. The number of carbonyl (C=O) groups is 1. The number of hydrogen-bond acceptors (Lipinski definition) is 4. The van der Waals surface area contributed by atoms with Crippen LogP contribution in [0.15, 0.2) is 47.2 Å². The molecule has 2 atom stereocenters. The van der Waals surface area contributed by atoms with Gasteiger partial charge in [-0.2, -0.15) is 18.3 Å². The van der Waals surface area contributed by atoms with Gasteiger partial charge < -0.3 is 15.1 Å². The van der Waals surface area contributed by atoms with Crippen molar-refractivity contribution < 1.29 is 22.4 Å². The van der Waals surface area contributed by atoms with Crippen LogP contribution in [0, 0.1) is 13.8 Å². The average molecular weight is 404 g/mol. The molecule has 3 heterocycles. The molecule has 0 bridgehead atoms. The molecule has 0 spiro atoms. The van der Waals surface area contributed by atoms with Gasteiger partial charge in [0.25, 0.3) is 5.91 Å². The summed E-state index contributed by atoms with van der Waals surface area (Å²) in [5.41, 5.74) is 2.52. The van der Waals surface area contributed by atoms with E-state index in [1.807, 2.05) is 26.0 Å². The highest BCUT2D eigenvalue weighted by Crippen LogP contribution is 2.44. The number of alkyl halides is 3. The van der Waals surface area contributed by atoms with Crippen LogP contribution in [-0.4, -0.2) is 21.9 Å². The molecule has 1 amide bonds. The van der Waals surface area contributed by atoms with Gasteiger partial charge in [0.2, 0.25) is 0 Å². The van der Waals surface area contributed by atoms with Crippen LogP contribution in [0.25, 0.3) is 0 Å². The van der Waals surface area contributed by atoms with Gasteiger partial charge in [-0.25, -0.2) is 4.68 Å². The van der Waals surface area contributed by atoms with Gasteiger partial charge in [-0.3, -0.25) is 4.79 Å². The van der Waals surface area contributed by atoms with E-state index in [1.165, 1.54) is 6.26 Å². The van der Waals surface area contributed by atoms with Crippen molar-refractivity contribution in [2.24, 2.45) is 0 Å². The van der Waals surface area contributed by atoms with Crippen molar-refractivity contribution in [3.63, 3.8) is 0 Å². The number of furan rings is 1. The molecule has 9 heteroatoms. The zero-order valence-electron chi connectivity index (χ0n) is 15.7. The van der Waals surface area contributed by atoms with Crippen LogP contribution in [0.5, 0.6) is 0 Å². The summed E-state index contributed by atoms with van der Waals surface area (Å²) in [6.07, 6.45) is -2.25. The Morgan fingerprint density at radius 2 is 2.10 bits per heavy atom. The largest absolute Gasteiger partial charge is 0.467 e. The number of hydrogen-bond donors (Lipinski definition) is 2. The van der Waals surface area contributed by atoms with Crippen molar-refractivity contribution in [1.82, 2.24) is 9.78 Å². The average Bonchev–Trinajstić information content (AvgIpc) is 3.31. The van der Waals surface area contributed by atoms with Crippen molar-refractivity contribution in [1.29, 1.82) is 0 Å². The van der Waals surface area contributed by atoms with Crippen LogP contribution in [-0.2, 0) is 0 Å². The number of aryl methyl sites for hydroxylation is 2. The molecule has 152 valence electrons. The molecular weight excluding hydrogens is 385 g/mol. The summed E-state index contributed by atoms with van der Waals surface area (Å²) in [6, 6.07) is 6.14. The molecule has 0 aliphatic carbocycles. The third-order valence-corrected chi connectivity index (χ3v) is 5.00. The zero-order valence-corrected chi connectivity index (χ0v) is 15.7. The van der Waals surface area contributed by atoms with E-state index in [2.05, 4.69) is 15.7 Å². The van der Waals surface area contributed by atoms with E-state index in [-0.39, 0.29) is 17.8 Å². The second-order valence-corrected chi connectivity index (χ2v) is 7.13. The molecular formula is C20H19F3N4O2. The van der Waals surface area contributed by atoms with Gasteiger partial charge in [-0.05, 0) is 37.6 Å².